The highest BCUT2D eigenvalue weighted by molar-refractivity contribution is 8.08. The molecule has 0 saturated heterocycles. The fraction of sp³-hybridized carbons (Fsp3) is 0.0667. The van der Waals surface area contributed by atoms with Crippen LogP contribution in [0.4, 0.5) is 0 Å². The Bertz CT molecular complexity index is 1040. The van der Waals surface area contributed by atoms with Gasteiger partial charge in [0.25, 0.3) is 0 Å². The summed E-state index contributed by atoms with van der Waals surface area (Å²) in [6.45, 7) is 0. The fourth-order valence-electron chi connectivity index (χ4n) is 3.28. The third-order valence-corrected chi connectivity index (χ3v) is 7.30. The summed E-state index contributed by atoms with van der Waals surface area (Å²) in [5, 5.41) is 0. The van der Waals surface area contributed by atoms with E-state index in [2.05, 4.69) is 133 Å². The van der Waals surface area contributed by atoms with Crippen LogP contribution in [0.15, 0.2) is 133 Å². The lowest BCUT2D eigenvalue weighted by Crippen LogP contribution is -1.85. The Labute approximate surface area is 200 Å². The minimum absolute atomic E-state index is 0.952. The number of benzene rings is 4. The van der Waals surface area contributed by atoms with Crippen molar-refractivity contribution >= 4 is 33.3 Å². The molecular formula is C30H26S2. The standard InChI is InChI=1S/C30H26S2/c1-5-13-25(14-6-1)23-31-29(27-17-9-3-10-18-27)21-22-30(28-19-11-4-12-20-28)32-24-26-15-7-2-8-16-26/h1-22H,23-24H2. The van der Waals surface area contributed by atoms with Crippen LogP contribution in [0.3, 0.4) is 0 Å². The van der Waals surface area contributed by atoms with Gasteiger partial charge in [-0.25, -0.2) is 0 Å². The molecule has 32 heavy (non-hydrogen) atoms. The maximum absolute atomic E-state index is 2.28. The molecule has 0 aromatic heterocycles. The Hall–Kier alpha value is -2.94. The van der Waals surface area contributed by atoms with Gasteiger partial charge >= 0.3 is 0 Å². The van der Waals surface area contributed by atoms with Crippen molar-refractivity contribution in [3.8, 4) is 0 Å². The van der Waals surface area contributed by atoms with Gasteiger partial charge in [-0.1, -0.05) is 121 Å². The molecule has 0 aliphatic heterocycles. The van der Waals surface area contributed by atoms with Crippen molar-refractivity contribution in [1.82, 2.24) is 0 Å². The van der Waals surface area contributed by atoms with Crippen molar-refractivity contribution in [3.05, 3.63) is 156 Å². The first-order valence-electron chi connectivity index (χ1n) is 10.7. The quantitative estimate of drug-likeness (QED) is 0.233. The average Bonchev–Trinajstić information content (AvgIpc) is 2.88. The van der Waals surface area contributed by atoms with E-state index in [1.54, 1.807) is 0 Å². The molecule has 0 aliphatic carbocycles. The summed E-state index contributed by atoms with van der Waals surface area (Å²) >= 11 is 3.77. The van der Waals surface area contributed by atoms with Crippen LogP contribution in [0.5, 0.6) is 0 Å². The highest BCUT2D eigenvalue weighted by Crippen LogP contribution is 2.34. The lowest BCUT2D eigenvalue weighted by molar-refractivity contribution is 1.42. The number of hydrogen-bond donors (Lipinski definition) is 0. The molecule has 0 saturated carbocycles. The van der Waals surface area contributed by atoms with Crippen LogP contribution in [-0.4, -0.2) is 0 Å². The largest absolute Gasteiger partial charge is 0.121 e. The Morgan fingerprint density at radius 3 is 1.09 bits per heavy atom. The predicted octanol–water partition coefficient (Wildman–Crippen LogP) is 8.94. The molecule has 0 radical (unpaired) electrons. The topological polar surface area (TPSA) is 0 Å². The number of rotatable bonds is 9. The SMILES string of the molecule is C(C=C(SCc1ccccc1)c1ccccc1)=C(SCc1ccccc1)c1ccccc1. The molecule has 158 valence electrons. The number of allylic oxidation sites excluding steroid dienone is 2. The van der Waals surface area contributed by atoms with E-state index >= 15 is 0 Å². The van der Waals surface area contributed by atoms with Gasteiger partial charge in [0.2, 0.25) is 0 Å². The van der Waals surface area contributed by atoms with Gasteiger partial charge in [0, 0.05) is 21.3 Å². The van der Waals surface area contributed by atoms with Gasteiger partial charge < -0.3 is 0 Å². The number of thioether (sulfide) groups is 2. The van der Waals surface area contributed by atoms with Crippen LogP contribution in [0, 0.1) is 0 Å². The lowest BCUT2D eigenvalue weighted by Gasteiger charge is -2.10. The summed E-state index contributed by atoms with van der Waals surface area (Å²) in [4.78, 5) is 2.56. The van der Waals surface area contributed by atoms with Crippen LogP contribution in [0.1, 0.15) is 22.3 Å². The zero-order valence-corrected chi connectivity index (χ0v) is 19.6. The molecule has 0 nitrogen and oxygen atoms in total. The van der Waals surface area contributed by atoms with E-state index in [4.69, 9.17) is 0 Å². The molecule has 0 bridgehead atoms. The van der Waals surface area contributed by atoms with Crippen molar-refractivity contribution in [2.45, 2.75) is 11.5 Å². The highest BCUT2D eigenvalue weighted by Gasteiger charge is 2.06. The Kier molecular flexibility index (Phi) is 8.48. The molecule has 4 aromatic carbocycles. The summed E-state index contributed by atoms with van der Waals surface area (Å²) in [6, 6.07) is 42.7. The van der Waals surface area contributed by atoms with Gasteiger partial charge in [0.15, 0.2) is 0 Å². The smallest absolute Gasteiger partial charge is 0.0232 e. The summed E-state index contributed by atoms with van der Waals surface area (Å²) in [5.74, 6) is 1.90. The van der Waals surface area contributed by atoms with Gasteiger partial charge in [-0.2, -0.15) is 0 Å². The maximum atomic E-state index is 2.28. The van der Waals surface area contributed by atoms with E-state index in [-0.39, 0.29) is 0 Å². The monoisotopic (exact) mass is 450 g/mol. The molecule has 0 fully saturated rings. The van der Waals surface area contributed by atoms with Crippen molar-refractivity contribution in [3.63, 3.8) is 0 Å². The van der Waals surface area contributed by atoms with Gasteiger partial charge in [-0.15, -0.1) is 23.5 Å². The first-order chi connectivity index (χ1) is 15.9. The van der Waals surface area contributed by atoms with E-state index in [0.29, 0.717) is 0 Å². The summed E-state index contributed by atoms with van der Waals surface area (Å²) in [6.07, 6.45) is 4.56. The highest BCUT2D eigenvalue weighted by atomic mass is 32.2. The van der Waals surface area contributed by atoms with Gasteiger partial charge in [-0.3, -0.25) is 0 Å². The first kappa shape index (κ1) is 22.3. The molecule has 4 rings (SSSR count). The van der Waals surface area contributed by atoms with Crippen LogP contribution in [-0.2, 0) is 11.5 Å². The second-order valence-electron chi connectivity index (χ2n) is 7.34. The molecule has 0 aliphatic rings. The van der Waals surface area contributed by atoms with E-state index in [1.807, 2.05) is 23.5 Å². The summed E-state index contributed by atoms with van der Waals surface area (Å²) in [7, 11) is 0. The lowest BCUT2D eigenvalue weighted by atomic mass is 10.2. The Morgan fingerprint density at radius 2 is 0.750 bits per heavy atom. The minimum Gasteiger partial charge on any atom is -0.121 e. The van der Waals surface area contributed by atoms with E-state index in [9.17, 15) is 0 Å². The van der Waals surface area contributed by atoms with Gasteiger partial charge in [0.05, 0.1) is 0 Å². The van der Waals surface area contributed by atoms with Crippen LogP contribution < -0.4 is 0 Å². The fourth-order valence-corrected chi connectivity index (χ4v) is 5.25. The Balaban J connectivity index is 1.61. The molecule has 4 aromatic rings. The molecule has 0 N–H and O–H groups in total. The zero-order valence-electron chi connectivity index (χ0n) is 17.9. The van der Waals surface area contributed by atoms with Gasteiger partial charge in [-0.05, 0) is 34.4 Å². The minimum atomic E-state index is 0.952. The summed E-state index contributed by atoms with van der Waals surface area (Å²) in [5.41, 5.74) is 5.19. The first-order valence-corrected chi connectivity index (χ1v) is 12.7. The molecule has 2 heteroatoms. The second-order valence-corrected chi connectivity index (χ2v) is 9.38. The number of hydrogen-bond acceptors (Lipinski definition) is 2. The summed E-state index contributed by atoms with van der Waals surface area (Å²) < 4.78 is 0. The maximum Gasteiger partial charge on any atom is 0.0232 e. The van der Waals surface area contributed by atoms with Crippen molar-refractivity contribution in [1.29, 1.82) is 0 Å². The van der Waals surface area contributed by atoms with Crippen molar-refractivity contribution < 1.29 is 0 Å². The predicted molar refractivity (Wildman–Crippen MR) is 144 cm³/mol. The van der Waals surface area contributed by atoms with Crippen LogP contribution in [0.25, 0.3) is 9.81 Å². The molecule has 0 spiro atoms. The van der Waals surface area contributed by atoms with E-state index in [1.165, 1.54) is 32.1 Å². The third kappa shape index (κ3) is 6.78. The van der Waals surface area contributed by atoms with Crippen LogP contribution >= 0.6 is 23.5 Å². The van der Waals surface area contributed by atoms with Crippen LogP contribution in [0.2, 0.25) is 0 Å². The molecule has 0 atom stereocenters. The van der Waals surface area contributed by atoms with Crippen molar-refractivity contribution in [2.24, 2.45) is 0 Å². The van der Waals surface area contributed by atoms with E-state index in [0.717, 1.165) is 11.5 Å². The van der Waals surface area contributed by atoms with E-state index < -0.39 is 0 Å². The molecule has 0 amide bonds. The van der Waals surface area contributed by atoms with Crippen molar-refractivity contribution in [2.75, 3.05) is 0 Å². The Morgan fingerprint density at radius 1 is 0.438 bits per heavy atom. The third-order valence-electron chi connectivity index (χ3n) is 4.98. The van der Waals surface area contributed by atoms with Gasteiger partial charge in [0.1, 0.15) is 0 Å². The average molecular weight is 451 g/mol. The molecule has 0 heterocycles. The zero-order chi connectivity index (χ0) is 21.8. The second kappa shape index (κ2) is 12.2. The molecular weight excluding hydrogens is 424 g/mol. The molecule has 0 unspecified atom stereocenters. The normalized spacial score (nSPS) is 12.0.